The van der Waals surface area contributed by atoms with Crippen molar-refractivity contribution in [1.29, 1.82) is 0 Å². The number of thioether (sulfide) groups is 1. The van der Waals surface area contributed by atoms with E-state index in [-0.39, 0.29) is 12.1 Å². The fourth-order valence-corrected chi connectivity index (χ4v) is 3.76. The number of aliphatic hydroxyl groups excluding tert-OH is 1. The summed E-state index contributed by atoms with van der Waals surface area (Å²) in [5.74, 6) is 0. The minimum Gasteiger partial charge on any atom is -0.394 e. The summed E-state index contributed by atoms with van der Waals surface area (Å²) in [6.07, 6.45) is 0.933. The van der Waals surface area contributed by atoms with E-state index in [2.05, 4.69) is 73.2 Å². The molecule has 1 rings (SSSR count). The van der Waals surface area contributed by atoms with E-state index in [4.69, 9.17) is 0 Å². The zero-order valence-corrected chi connectivity index (χ0v) is 14.5. The molecule has 0 saturated heterocycles. The molecule has 2 atom stereocenters. The van der Waals surface area contributed by atoms with Crippen LogP contribution in [0.4, 0.5) is 0 Å². The van der Waals surface area contributed by atoms with Gasteiger partial charge in [-0.05, 0) is 37.6 Å². The van der Waals surface area contributed by atoms with Gasteiger partial charge in [0.05, 0.1) is 6.61 Å². The smallest absolute Gasteiger partial charge is 0.0611 e. The van der Waals surface area contributed by atoms with Gasteiger partial charge in [0.15, 0.2) is 0 Å². The quantitative estimate of drug-likeness (QED) is 0.730. The number of hydrogen-bond acceptors (Lipinski definition) is 3. The zero-order valence-electron chi connectivity index (χ0n) is 12.1. The molecule has 0 heterocycles. The average molecular weight is 346 g/mol. The molecule has 0 aliphatic carbocycles. The molecule has 0 aromatic heterocycles. The van der Waals surface area contributed by atoms with Crippen molar-refractivity contribution in [3.63, 3.8) is 0 Å². The van der Waals surface area contributed by atoms with E-state index in [1.165, 1.54) is 4.90 Å². The van der Waals surface area contributed by atoms with Gasteiger partial charge in [-0.15, -0.1) is 11.8 Å². The minimum absolute atomic E-state index is 0.163. The summed E-state index contributed by atoms with van der Waals surface area (Å²) in [6.45, 7) is 8.69. The van der Waals surface area contributed by atoms with E-state index in [1.807, 2.05) is 11.8 Å². The van der Waals surface area contributed by atoms with E-state index in [1.54, 1.807) is 0 Å². The number of hydrogen-bond donors (Lipinski definition) is 2. The third-order valence-electron chi connectivity index (χ3n) is 2.87. The Hall–Kier alpha value is -0.0300. The molecule has 0 fully saturated rings. The van der Waals surface area contributed by atoms with Crippen LogP contribution >= 0.6 is 27.7 Å². The van der Waals surface area contributed by atoms with Crippen LogP contribution in [0.25, 0.3) is 0 Å². The first-order valence-corrected chi connectivity index (χ1v) is 8.33. The van der Waals surface area contributed by atoms with Crippen LogP contribution in [0.15, 0.2) is 33.6 Å². The molecule has 0 spiro atoms. The zero-order chi connectivity index (χ0) is 14.5. The number of aliphatic hydroxyl groups is 1. The van der Waals surface area contributed by atoms with Gasteiger partial charge in [0.25, 0.3) is 0 Å². The second kappa shape index (κ2) is 7.67. The highest BCUT2D eigenvalue weighted by Gasteiger charge is 2.26. The predicted molar refractivity (Wildman–Crippen MR) is 87.8 cm³/mol. The van der Waals surface area contributed by atoms with Crippen molar-refractivity contribution in [2.45, 2.75) is 55.8 Å². The van der Waals surface area contributed by atoms with Gasteiger partial charge in [-0.25, -0.2) is 0 Å². The third-order valence-corrected chi connectivity index (χ3v) is 4.52. The summed E-state index contributed by atoms with van der Waals surface area (Å²) < 4.78 is 1.10. The summed E-state index contributed by atoms with van der Waals surface area (Å²) in [6, 6.07) is 8.75. The molecule has 2 nitrogen and oxygen atoms in total. The van der Waals surface area contributed by atoms with Gasteiger partial charge < -0.3 is 10.4 Å². The Kier molecular flexibility index (Phi) is 6.87. The number of nitrogens with one attached hydrogen (secondary N) is 1. The van der Waals surface area contributed by atoms with Gasteiger partial charge in [-0.2, -0.15) is 0 Å². The second-order valence-corrected chi connectivity index (χ2v) is 8.03. The Labute approximate surface area is 129 Å². The molecule has 0 saturated carbocycles. The maximum atomic E-state index is 9.61. The van der Waals surface area contributed by atoms with Crippen molar-refractivity contribution in [3.8, 4) is 0 Å². The van der Waals surface area contributed by atoms with Crippen molar-refractivity contribution >= 4 is 27.7 Å². The third kappa shape index (κ3) is 6.30. The van der Waals surface area contributed by atoms with Crippen molar-refractivity contribution < 1.29 is 5.11 Å². The highest BCUT2D eigenvalue weighted by atomic mass is 79.9. The van der Waals surface area contributed by atoms with E-state index in [9.17, 15) is 5.11 Å². The molecule has 108 valence electrons. The molecule has 0 aliphatic rings. The summed E-state index contributed by atoms with van der Waals surface area (Å²) in [7, 11) is 0. The van der Waals surface area contributed by atoms with E-state index in [0.717, 1.165) is 10.9 Å². The maximum absolute atomic E-state index is 9.61. The first-order chi connectivity index (χ1) is 8.84. The van der Waals surface area contributed by atoms with Crippen LogP contribution in [0.5, 0.6) is 0 Å². The highest BCUT2D eigenvalue weighted by Crippen LogP contribution is 2.29. The molecular weight excluding hydrogens is 322 g/mol. The Morgan fingerprint density at radius 2 is 1.84 bits per heavy atom. The monoisotopic (exact) mass is 345 g/mol. The first kappa shape index (κ1) is 17.0. The Morgan fingerprint density at radius 1 is 1.26 bits per heavy atom. The van der Waals surface area contributed by atoms with Crippen LogP contribution in [0.1, 0.15) is 34.1 Å². The molecule has 4 heteroatoms. The minimum atomic E-state index is -0.212. The fourth-order valence-electron chi connectivity index (χ4n) is 2.29. The molecular formula is C15H24BrNOS. The largest absolute Gasteiger partial charge is 0.394 e. The van der Waals surface area contributed by atoms with Gasteiger partial charge in [0.2, 0.25) is 0 Å². The van der Waals surface area contributed by atoms with Crippen LogP contribution in [0.2, 0.25) is 0 Å². The van der Waals surface area contributed by atoms with Crippen LogP contribution in [-0.2, 0) is 0 Å². The van der Waals surface area contributed by atoms with Gasteiger partial charge in [0.1, 0.15) is 0 Å². The summed E-state index contributed by atoms with van der Waals surface area (Å²) in [4.78, 5) is 1.26. The second-order valence-electron chi connectivity index (χ2n) is 5.60. The summed E-state index contributed by atoms with van der Waals surface area (Å²) in [5, 5.41) is 13.5. The van der Waals surface area contributed by atoms with Gasteiger partial charge >= 0.3 is 0 Å². The van der Waals surface area contributed by atoms with E-state index >= 15 is 0 Å². The summed E-state index contributed by atoms with van der Waals surface area (Å²) >= 11 is 5.30. The van der Waals surface area contributed by atoms with Crippen LogP contribution in [0, 0.1) is 0 Å². The van der Waals surface area contributed by atoms with Crippen molar-refractivity contribution in [2.24, 2.45) is 0 Å². The molecule has 0 aliphatic heterocycles. The topological polar surface area (TPSA) is 32.3 Å². The van der Waals surface area contributed by atoms with Crippen molar-refractivity contribution in [1.82, 2.24) is 5.32 Å². The number of benzene rings is 1. The normalized spacial score (nSPS) is 16.4. The Bertz CT molecular complexity index is 382. The number of rotatable bonds is 7. The molecule has 0 radical (unpaired) electrons. The predicted octanol–water partition coefficient (Wildman–Crippen LogP) is 4.07. The fraction of sp³-hybridized carbons (Fsp3) is 0.600. The lowest BCUT2D eigenvalue weighted by Gasteiger charge is -2.33. The molecule has 2 unspecified atom stereocenters. The summed E-state index contributed by atoms with van der Waals surface area (Å²) in [5.41, 5.74) is -0.212. The van der Waals surface area contributed by atoms with Crippen LogP contribution in [-0.4, -0.2) is 28.5 Å². The molecule has 2 N–H and O–H groups in total. The van der Waals surface area contributed by atoms with Gasteiger partial charge in [-0.3, -0.25) is 0 Å². The molecule has 0 bridgehead atoms. The molecule has 1 aromatic rings. The van der Waals surface area contributed by atoms with Crippen molar-refractivity contribution in [3.05, 3.63) is 28.7 Å². The first-order valence-electron chi connectivity index (χ1n) is 6.65. The lowest BCUT2D eigenvalue weighted by atomic mass is 9.96. The standard InChI is InChI=1S/C15H24BrNOS/c1-11(2)17-15(4,10-18)9-12(3)19-14-7-5-13(16)6-8-14/h5-8,11-12,17-18H,9-10H2,1-4H3. The molecule has 0 amide bonds. The van der Waals surface area contributed by atoms with Crippen LogP contribution < -0.4 is 5.32 Å². The maximum Gasteiger partial charge on any atom is 0.0611 e. The molecule has 1 aromatic carbocycles. The lowest BCUT2D eigenvalue weighted by molar-refractivity contribution is 0.157. The van der Waals surface area contributed by atoms with Crippen LogP contribution in [0.3, 0.4) is 0 Å². The highest BCUT2D eigenvalue weighted by molar-refractivity contribution is 9.10. The molecule has 19 heavy (non-hydrogen) atoms. The SMILES string of the molecule is CC(C)NC(C)(CO)CC(C)Sc1ccc(Br)cc1. The Morgan fingerprint density at radius 3 is 2.32 bits per heavy atom. The van der Waals surface area contributed by atoms with E-state index in [0.29, 0.717) is 11.3 Å². The van der Waals surface area contributed by atoms with Gasteiger partial charge in [-0.1, -0.05) is 36.7 Å². The lowest BCUT2D eigenvalue weighted by Crippen LogP contribution is -2.50. The Balaban J connectivity index is 2.57. The van der Waals surface area contributed by atoms with Gasteiger partial charge in [0, 0.05) is 26.2 Å². The van der Waals surface area contributed by atoms with Crippen molar-refractivity contribution in [2.75, 3.05) is 6.61 Å². The van der Waals surface area contributed by atoms with E-state index < -0.39 is 0 Å². The average Bonchev–Trinajstić information content (AvgIpc) is 2.31. The number of halogens is 1.